The maximum absolute atomic E-state index is 13.0. The molecule has 0 aliphatic carbocycles. The van der Waals surface area contributed by atoms with Crippen LogP contribution in [0.1, 0.15) is 12.6 Å². The number of fused-ring (bicyclic) bond motifs is 1. The van der Waals surface area contributed by atoms with Gasteiger partial charge in [0.2, 0.25) is 0 Å². The molecule has 4 aromatic rings. The fourth-order valence-corrected chi connectivity index (χ4v) is 4.65. The standard InChI is InChI=1S/C20H13Cl2F3N4O2S/c1-2-32(30,31)16-7-12(11-5-13(21)8-14(22)6-11)10-26-19(16)15-3-4-29-18(27-15)9-17(28-29)20(23,24)25/h3-10H,2H2,1H3. The molecule has 166 valence electrons. The molecule has 0 radical (unpaired) electrons. The van der Waals surface area contributed by atoms with Crippen molar-refractivity contribution in [3.05, 3.63) is 64.5 Å². The molecule has 0 unspecified atom stereocenters. The minimum Gasteiger partial charge on any atom is -0.253 e. The van der Waals surface area contributed by atoms with Crippen molar-refractivity contribution in [2.24, 2.45) is 0 Å². The third kappa shape index (κ3) is 4.30. The van der Waals surface area contributed by atoms with Gasteiger partial charge in [-0.3, -0.25) is 4.98 Å². The lowest BCUT2D eigenvalue weighted by Crippen LogP contribution is -2.08. The Morgan fingerprint density at radius 2 is 1.72 bits per heavy atom. The van der Waals surface area contributed by atoms with Gasteiger partial charge in [0, 0.05) is 34.1 Å². The van der Waals surface area contributed by atoms with Crippen molar-refractivity contribution >= 4 is 38.7 Å². The first-order chi connectivity index (χ1) is 15.0. The summed E-state index contributed by atoms with van der Waals surface area (Å²) >= 11 is 12.1. The van der Waals surface area contributed by atoms with Gasteiger partial charge < -0.3 is 0 Å². The highest BCUT2D eigenvalue weighted by molar-refractivity contribution is 7.91. The Kier molecular flexibility index (Phi) is 5.64. The van der Waals surface area contributed by atoms with Gasteiger partial charge in [0.1, 0.15) is 5.69 Å². The van der Waals surface area contributed by atoms with E-state index in [1.807, 2.05) is 0 Å². The van der Waals surface area contributed by atoms with Crippen LogP contribution >= 0.6 is 23.2 Å². The van der Waals surface area contributed by atoms with E-state index in [4.69, 9.17) is 23.2 Å². The Bertz CT molecular complexity index is 1430. The summed E-state index contributed by atoms with van der Waals surface area (Å²) in [7, 11) is -3.77. The van der Waals surface area contributed by atoms with E-state index in [1.54, 1.807) is 12.1 Å². The number of aromatic nitrogens is 4. The van der Waals surface area contributed by atoms with Gasteiger partial charge in [-0.25, -0.2) is 17.9 Å². The van der Waals surface area contributed by atoms with E-state index in [1.165, 1.54) is 37.5 Å². The van der Waals surface area contributed by atoms with Crippen LogP contribution in [0.15, 0.2) is 53.7 Å². The molecule has 0 aliphatic heterocycles. The Labute approximate surface area is 190 Å². The van der Waals surface area contributed by atoms with E-state index in [0.29, 0.717) is 21.2 Å². The van der Waals surface area contributed by atoms with Crippen molar-refractivity contribution < 1.29 is 21.6 Å². The molecular weight excluding hydrogens is 488 g/mol. The predicted molar refractivity (Wildman–Crippen MR) is 114 cm³/mol. The van der Waals surface area contributed by atoms with Crippen molar-refractivity contribution in [3.8, 4) is 22.5 Å². The fraction of sp³-hybridized carbons (Fsp3) is 0.150. The molecular formula is C20H13Cl2F3N4O2S. The molecule has 0 fully saturated rings. The minimum absolute atomic E-state index is 0.0148. The van der Waals surface area contributed by atoms with Crippen LogP contribution in [0.2, 0.25) is 10.0 Å². The van der Waals surface area contributed by atoms with Gasteiger partial charge in [0.05, 0.1) is 16.3 Å². The monoisotopic (exact) mass is 500 g/mol. The lowest BCUT2D eigenvalue weighted by molar-refractivity contribution is -0.141. The van der Waals surface area contributed by atoms with E-state index in [2.05, 4.69) is 15.1 Å². The van der Waals surface area contributed by atoms with Gasteiger partial charge in [-0.15, -0.1) is 0 Å². The van der Waals surface area contributed by atoms with E-state index >= 15 is 0 Å². The van der Waals surface area contributed by atoms with Gasteiger partial charge >= 0.3 is 6.18 Å². The first-order valence-corrected chi connectivity index (χ1v) is 11.5. The topological polar surface area (TPSA) is 77.2 Å². The second-order valence-electron chi connectivity index (χ2n) is 6.78. The largest absolute Gasteiger partial charge is 0.435 e. The zero-order valence-corrected chi connectivity index (χ0v) is 18.6. The average Bonchev–Trinajstić information content (AvgIpc) is 3.16. The molecule has 3 heterocycles. The minimum atomic E-state index is -4.64. The number of rotatable bonds is 4. The Balaban J connectivity index is 1.90. The number of alkyl halides is 3. The smallest absolute Gasteiger partial charge is 0.253 e. The normalized spacial score (nSPS) is 12.4. The third-order valence-corrected chi connectivity index (χ3v) is 6.80. The maximum atomic E-state index is 13.0. The summed E-state index contributed by atoms with van der Waals surface area (Å²) in [6.45, 7) is 1.48. The highest BCUT2D eigenvalue weighted by Crippen LogP contribution is 2.33. The van der Waals surface area contributed by atoms with E-state index in [-0.39, 0.29) is 27.7 Å². The Morgan fingerprint density at radius 1 is 1.03 bits per heavy atom. The third-order valence-electron chi connectivity index (χ3n) is 4.62. The molecule has 0 atom stereocenters. The molecule has 0 amide bonds. The number of hydrogen-bond donors (Lipinski definition) is 0. The maximum Gasteiger partial charge on any atom is 0.435 e. The molecule has 0 saturated carbocycles. The number of hydrogen-bond acceptors (Lipinski definition) is 5. The quantitative estimate of drug-likeness (QED) is 0.365. The first kappa shape index (κ1) is 22.5. The molecule has 1 aromatic carbocycles. The molecule has 3 aromatic heterocycles. The summed E-state index contributed by atoms with van der Waals surface area (Å²) < 4.78 is 65.5. The summed E-state index contributed by atoms with van der Waals surface area (Å²) in [6.07, 6.45) is -1.94. The number of pyridine rings is 1. The molecule has 12 heteroatoms. The average molecular weight is 501 g/mol. The molecule has 4 rings (SSSR count). The Morgan fingerprint density at radius 3 is 2.34 bits per heavy atom. The first-order valence-electron chi connectivity index (χ1n) is 9.11. The van der Waals surface area contributed by atoms with E-state index in [9.17, 15) is 21.6 Å². The SMILES string of the molecule is CCS(=O)(=O)c1cc(-c2cc(Cl)cc(Cl)c2)cnc1-c1ccn2nc(C(F)(F)F)cc2n1. The fourth-order valence-electron chi connectivity index (χ4n) is 3.06. The lowest BCUT2D eigenvalue weighted by Gasteiger charge is -2.11. The van der Waals surface area contributed by atoms with Crippen LogP contribution in [-0.4, -0.2) is 33.8 Å². The van der Waals surface area contributed by atoms with Gasteiger partial charge in [-0.1, -0.05) is 30.1 Å². The van der Waals surface area contributed by atoms with Crippen LogP contribution in [0.25, 0.3) is 28.2 Å². The van der Waals surface area contributed by atoms with Crippen LogP contribution in [0.3, 0.4) is 0 Å². The molecule has 0 aliphatic rings. The van der Waals surface area contributed by atoms with Crippen LogP contribution in [0.5, 0.6) is 0 Å². The number of sulfone groups is 1. The number of nitrogens with zero attached hydrogens (tertiary/aromatic N) is 4. The van der Waals surface area contributed by atoms with E-state index < -0.39 is 21.7 Å². The van der Waals surface area contributed by atoms with Crippen molar-refractivity contribution in [2.75, 3.05) is 5.75 Å². The molecule has 0 bridgehead atoms. The summed E-state index contributed by atoms with van der Waals surface area (Å²) in [5, 5.41) is 4.17. The molecule has 0 spiro atoms. The highest BCUT2D eigenvalue weighted by atomic mass is 35.5. The number of halogens is 5. The highest BCUT2D eigenvalue weighted by Gasteiger charge is 2.34. The van der Waals surface area contributed by atoms with Crippen molar-refractivity contribution in [2.45, 2.75) is 18.0 Å². The molecule has 0 saturated heterocycles. The van der Waals surface area contributed by atoms with Gasteiger partial charge in [0.15, 0.2) is 21.2 Å². The summed E-state index contributed by atoms with van der Waals surface area (Å²) in [5.74, 6) is -0.214. The van der Waals surface area contributed by atoms with E-state index in [0.717, 1.165) is 10.6 Å². The summed E-state index contributed by atoms with van der Waals surface area (Å²) in [4.78, 5) is 8.32. The second kappa shape index (κ2) is 8.02. The molecule has 6 nitrogen and oxygen atoms in total. The van der Waals surface area contributed by atoms with Crippen molar-refractivity contribution in [3.63, 3.8) is 0 Å². The van der Waals surface area contributed by atoms with Crippen molar-refractivity contribution in [1.29, 1.82) is 0 Å². The lowest BCUT2D eigenvalue weighted by atomic mass is 10.1. The summed E-state index contributed by atoms with van der Waals surface area (Å²) in [6, 6.07) is 8.32. The van der Waals surface area contributed by atoms with Gasteiger partial charge in [-0.05, 0) is 35.9 Å². The Hall–Kier alpha value is -2.69. The van der Waals surface area contributed by atoms with Crippen LogP contribution in [0, 0.1) is 0 Å². The second-order valence-corrected chi connectivity index (χ2v) is 9.89. The van der Waals surface area contributed by atoms with Crippen molar-refractivity contribution in [1.82, 2.24) is 19.6 Å². The zero-order valence-electron chi connectivity index (χ0n) is 16.2. The predicted octanol–water partition coefficient (Wildman–Crippen LogP) is 5.58. The zero-order chi connectivity index (χ0) is 23.3. The van der Waals surface area contributed by atoms with Gasteiger partial charge in [-0.2, -0.15) is 18.3 Å². The van der Waals surface area contributed by atoms with Crippen LogP contribution < -0.4 is 0 Å². The van der Waals surface area contributed by atoms with Crippen LogP contribution in [-0.2, 0) is 16.0 Å². The molecule has 32 heavy (non-hydrogen) atoms. The van der Waals surface area contributed by atoms with Crippen LogP contribution in [0.4, 0.5) is 13.2 Å². The van der Waals surface area contributed by atoms with Gasteiger partial charge in [0.25, 0.3) is 0 Å². The molecule has 0 N–H and O–H groups in total. The number of benzene rings is 1. The summed E-state index contributed by atoms with van der Waals surface area (Å²) in [5.41, 5.74) is -0.0836.